The van der Waals surface area contributed by atoms with Crippen LogP contribution in [0.2, 0.25) is 0 Å². The molecular weight excluding hydrogens is 320 g/mol. The highest BCUT2D eigenvalue weighted by Gasteiger charge is 2.27. The fourth-order valence-corrected chi connectivity index (χ4v) is 2.95. The predicted molar refractivity (Wildman–Crippen MR) is 70.1 cm³/mol. The molecule has 1 aliphatic rings. The topological polar surface area (TPSA) is 66.4 Å². The van der Waals surface area contributed by atoms with Gasteiger partial charge in [-0.15, -0.1) is 0 Å². The van der Waals surface area contributed by atoms with Crippen LogP contribution in [0.1, 0.15) is 40.2 Å². The summed E-state index contributed by atoms with van der Waals surface area (Å²) in [4.78, 5) is 11.6. The van der Waals surface area contributed by atoms with Gasteiger partial charge in [0.25, 0.3) is 0 Å². The van der Waals surface area contributed by atoms with Crippen molar-refractivity contribution < 1.29 is 18.3 Å². The van der Waals surface area contributed by atoms with E-state index in [-0.39, 0.29) is 5.75 Å². The lowest BCUT2D eigenvalue weighted by molar-refractivity contribution is 0.0599. The van der Waals surface area contributed by atoms with Gasteiger partial charge in [-0.2, -0.15) is 0 Å². The second kappa shape index (κ2) is 5.50. The van der Waals surface area contributed by atoms with Gasteiger partial charge < -0.3 is 9.29 Å². The van der Waals surface area contributed by atoms with Crippen molar-refractivity contribution in [2.45, 2.75) is 24.5 Å². The third-order valence-corrected chi connectivity index (χ3v) is 4.13. The summed E-state index contributed by atoms with van der Waals surface area (Å²) in [5.74, 6) is -0.114. The van der Waals surface area contributed by atoms with Crippen LogP contribution in [0.4, 0.5) is 0 Å². The minimum absolute atomic E-state index is 0.0664. The van der Waals surface area contributed by atoms with Crippen molar-refractivity contribution in [1.82, 2.24) is 0 Å². The van der Waals surface area contributed by atoms with Gasteiger partial charge in [-0.25, -0.2) is 4.79 Å². The summed E-state index contributed by atoms with van der Waals surface area (Å²) in [7, 11) is 1.30. The van der Waals surface area contributed by atoms with Gasteiger partial charge in [0.2, 0.25) is 0 Å². The largest absolute Gasteiger partial charge is 0.772 e. The highest BCUT2D eigenvalue weighted by molar-refractivity contribution is 9.10. The SMILES string of the molecule is COC(=O)c1cc(CS(=O)[O-])c(C2CC2)cc1Br. The highest BCUT2D eigenvalue weighted by Crippen LogP contribution is 2.43. The summed E-state index contributed by atoms with van der Waals surface area (Å²) < 4.78 is 27.1. The van der Waals surface area contributed by atoms with Gasteiger partial charge >= 0.3 is 5.97 Å². The van der Waals surface area contributed by atoms with Crippen LogP contribution in [0.15, 0.2) is 16.6 Å². The second-order valence-electron chi connectivity index (χ2n) is 4.24. The average Bonchev–Trinajstić information content (AvgIpc) is 3.13. The molecule has 0 amide bonds. The Morgan fingerprint density at radius 3 is 2.72 bits per heavy atom. The Morgan fingerprint density at radius 2 is 2.22 bits per heavy atom. The molecule has 0 aromatic heterocycles. The summed E-state index contributed by atoms with van der Waals surface area (Å²) in [6.07, 6.45) is 2.14. The van der Waals surface area contributed by atoms with Gasteiger partial charge in [0.05, 0.1) is 12.7 Å². The van der Waals surface area contributed by atoms with Crippen LogP contribution in [0.3, 0.4) is 0 Å². The maximum absolute atomic E-state index is 11.6. The molecule has 0 spiro atoms. The molecule has 0 bridgehead atoms. The van der Waals surface area contributed by atoms with E-state index in [1.54, 1.807) is 6.07 Å². The normalized spacial score (nSPS) is 16.4. The average molecular weight is 332 g/mol. The molecule has 1 saturated carbocycles. The first-order valence-electron chi connectivity index (χ1n) is 5.49. The van der Waals surface area contributed by atoms with E-state index in [0.29, 0.717) is 21.5 Å². The Balaban J connectivity index is 2.45. The Hall–Kier alpha value is -0.720. The van der Waals surface area contributed by atoms with Crippen molar-refractivity contribution in [3.8, 4) is 0 Å². The molecule has 4 nitrogen and oxygen atoms in total. The standard InChI is InChI=1S/C12H13BrO4S/c1-17-12(14)10-4-8(6-18(15)16)9(5-11(10)13)7-2-3-7/h4-5,7H,2-3,6H2,1H3,(H,15,16)/p-1. The van der Waals surface area contributed by atoms with E-state index in [4.69, 9.17) is 0 Å². The van der Waals surface area contributed by atoms with Gasteiger partial charge in [-0.3, -0.25) is 4.21 Å². The van der Waals surface area contributed by atoms with Gasteiger partial charge in [-0.05, 0) is 57.9 Å². The summed E-state index contributed by atoms with van der Waals surface area (Å²) in [6, 6.07) is 3.45. The molecular formula is C12H12BrO4S-. The summed E-state index contributed by atoms with van der Waals surface area (Å²) in [5, 5.41) is 0. The molecule has 0 N–H and O–H groups in total. The van der Waals surface area contributed by atoms with Crippen molar-refractivity contribution in [2.75, 3.05) is 7.11 Å². The van der Waals surface area contributed by atoms with Gasteiger partial charge in [0, 0.05) is 10.2 Å². The zero-order valence-corrected chi connectivity index (χ0v) is 12.2. The molecule has 1 fully saturated rings. The van der Waals surface area contributed by atoms with E-state index in [1.165, 1.54) is 7.11 Å². The first kappa shape index (κ1) is 13.7. The van der Waals surface area contributed by atoms with Crippen LogP contribution in [0.5, 0.6) is 0 Å². The molecule has 2 rings (SSSR count). The molecule has 1 atom stereocenters. The molecule has 0 heterocycles. The molecule has 18 heavy (non-hydrogen) atoms. The molecule has 6 heteroatoms. The maximum atomic E-state index is 11.6. The van der Waals surface area contributed by atoms with E-state index < -0.39 is 17.0 Å². The first-order valence-corrected chi connectivity index (χ1v) is 7.53. The number of benzene rings is 1. The van der Waals surface area contributed by atoms with E-state index in [0.717, 1.165) is 18.4 Å². The van der Waals surface area contributed by atoms with Crippen molar-refractivity contribution >= 4 is 33.0 Å². The van der Waals surface area contributed by atoms with Crippen LogP contribution in [-0.2, 0) is 21.6 Å². The zero-order valence-electron chi connectivity index (χ0n) is 9.77. The van der Waals surface area contributed by atoms with Gasteiger partial charge in [-0.1, -0.05) is 11.1 Å². The van der Waals surface area contributed by atoms with Crippen LogP contribution < -0.4 is 0 Å². The number of rotatable bonds is 4. The summed E-state index contributed by atoms with van der Waals surface area (Å²) in [6.45, 7) is 0. The molecule has 1 aromatic carbocycles. The van der Waals surface area contributed by atoms with Crippen LogP contribution in [0, 0.1) is 0 Å². The molecule has 98 valence electrons. The quantitative estimate of drug-likeness (QED) is 0.628. The van der Waals surface area contributed by atoms with Gasteiger partial charge in [0.15, 0.2) is 0 Å². The smallest absolute Gasteiger partial charge is 0.339 e. The van der Waals surface area contributed by atoms with Gasteiger partial charge in [0.1, 0.15) is 0 Å². The second-order valence-corrected chi connectivity index (χ2v) is 6.00. The van der Waals surface area contributed by atoms with Crippen LogP contribution in [0.25, 0.3) is 0 Å². The van der Waals surface area contributed by atoms with Crippen molar-refractivity contribution in [1.29, 1.82) is 0 Å². The first-order chi connectivity index (χ1) is 8.52. The Bertz CT molecular complexity index is 511. The highest BCUT2D eigenvalue weighted by atomic mass is 79.9. The molecule has 0 saturated heterocycles. The third kappa shape index (κ3) is 2.99. The Kier molecular flexibility index (Phi) is 4.19. The number of methoxy groups -OCH3 is 1. The Morgan fingerprint density at radius 1 is 1.56 bits per heavy atom. The molecule has 1 unspecified atom stereocenters. The zero-order chi connectivity index (χ0) is 13.3. The monoisotopic (exact) mass is 331 g/mol. The van der Waals surface area contributed by atoms with Crippen LogP contribution >= 0.6 is 15.9 Å². The molecule has 0 radical (unpaired) electrons. The number of esters is 1. The van der Waals surface area contributed by atoms with E-state index in [1.807, 2.05) is 6.07 Å². The molecule has 1 aliphatic carbocycles. The summed E-state index contributed by atoms with van der Waals surface area (Å²) >= 11 is 1.17. The minimum atomic E-state index is -2.16. The predicted octanol–water partition coefficient (Wildman–Crippen LogP) is 2.49. The number of carbonyl (C=O) groups excluding carboxylic acids is 1. The minimum Gasteiger partial charge on any atom is -0.772 e. The van der Waals surface area contributed by atoms with E-state index in [9.17, 15) is 13.6 Å². The van der Waals surface area contributed by atoms with Crippen LogP contribution in [-0.4, -0.2) is 21.8 Å². The Labute approximate surface area is 116 Å². The fourth-order valence-electron chi connectivity index (χ4n) is 1.93. The lowest BCUT2D eigenvalue weighted by atomic mass is 10.0. The molecule has 0 aliphatic heterocycles. The van der Waals surface area contributed by atoms with E-state index >= 15 is 0 Å². The fraction of sp³-hybridized carbons (Fsp3) is 0.417. The molecule has 1 aromatic rings. The number of hydrogen-bond acceptors (Lipinski definition) is 4. The maximum Gasteiger partial charge on any atom is 0.339 e. The van der Waals surface area contributed by atoms with E-state index in [2.05, 4.69) is 20.7 Å². The number of halogens is 1. The lowest BCUT2D eigenvalue weighted by Gasteiger charge is -2.14. The lowest BCUT2D eigenvalue weighted by Crippen LogP contribution is -2.06. The van der Waals surface area contributed by atoms with Crippen molar-refractivity contribution in [2.24, 2.45) is 0 Å². The van der Waals surface area contributed by atoms with Crippen molar-refractivity contribution in [3.05, 3.63) is 33.3 Å². The summed E-state index contributed by atoms with van der Waals surface area (Å²) in [5.41, 5.74) is 2.07. The number of carbonyl (C=O) groups is 1. The third-order valence-electron chi connectivity index (χ3n) is 2.92. The number of hydrogen-bond donors (Lipinski definition) is 0. The van der Waals surface area contributed by atoms with Crippen molar-refractivity contribution in [3.63, 3.8) is 0 Å². The number of ether oxygens (including phenoxy) is 1.